The third-order valence-electron chi connectivity index (χ3n) is 6.43. The highest BCUT2D eigenvalue weighted by molar-refractivity contribution is 5.92. The summed E-state index contributed by atoms with van der Waals surface area (Å²) < 4.78 is 0. The SMILES string of the molecule is Cc1ccc2c(N3CCN(C(=O)[C@@H](O)Cc4ccccc4)CC3)nc(-c3ccccc3O)nc2c1. The van der Waals surface area contributed by atoms with Crippen molar-refractivity contribution in [3.8, 4) is 17.1 Å². The topological polar surface area (TPSA) is 89.8 Å². The summed E-state index contributed by atoms with van der Waals surface area (Å²) in [6, 6.07) is 22.7. The van der Waals surface area contributed by atoms with Crippen LogP contribution in [0.5, 0.6) is 5.75 Å². The highest BCUT2D eigenvalue weighted by atomic mass is 16.3. The van der Waals surface area contributed by atoms with E-state index in [1.54, 1.807) is 23.1 Å². The van der Waals surface area contributed by atoms with Gasteiger partial charge in [-0.2, -0.15) is 0 Å². The quantitative estimate of drug-likeness (QED) is 0.466. The Balaban J connectivity index is 1.37. The van der Waals surface area contributed by atoms with Gasteiger partial charge in [0.2, 0.25) is 0 Å². The van der Waals surface area contributed by atoms with Crippen molar-refractivity contribution in [3.05, 3.63) is 83.9 Å². The zero-order valence-corrected chi connectivity index (χ0v) is 19.6. The van der Waals surface area contributed by atoms with E-state index in [1.165, 1.54) is 0 Å². The summed E-state index contributed by atoms with van der Waals surface area (Å²) >= 11 is 0. The number of hydrogen-bond donors (Lipinski definition) is 2. The van der Waals surface area contributed by atoms with Crippen LogP contribution in [0.2, 0.25) is 0 Å². The number of rotatable bonds is 5. The van der Waals surface area contributed by atoms with Crippen molar-refractivity contribution >= 4 is 22.6 Å². The molecule has 0 bridgehead atoms. The van der Waals surface area contributed by atoms with Crippen molar-refractivity contribution in [1.82, 2.24) is 14.9 Å². The highest BCUT2D eigenvalue weighted by Gasteiger charge is 2.28. The van der Waals surface area contributed by atoms with Gasteiger partial charge in [0.1, 0.15) is 17.7 Å². The molecular weight excluding hydrogens is 440 g/mol. The number of hydrogen-bond acceptors (Lipinski definition) is 6. The van der Waals surface area contributed by atoms with E-state index in [0.29, 0.717) is 44.0 Å². The number of fused-ring (bicyclic) bond motifs is 1. The fourth-order valence-electron chi connectivity index (χ4n) is 4.52. The van der Waals surface area contributed by atoms with Gasteiger partial charge in [-0.3, -0.25) is 4.79 Å². The molecule has 35 heavy (non-hydrogen) atoms. The van der Waals surface area contributed by atoms with Crippen molar-refractivity contribution in [2.45, 2.75) is 19.4 Å². The third kappa shape index (κ3) is 4.81. The summed E-state index contributed by atoms with van der Waals surface area (Å²) in [5.41, 5.74) is 3.42. The lowest BCUT2D eigenvalue weighted by molar-refractivity contribution is -0.140. The van der Waals surface area contributed by atoms with Crippen LogP contribution in [0.4, 0.5) is 5.82 Å². The number of aromatic nitrogens is 2. The maximum absolute atomic E-state index is 12.9. The molecule has 0 unspecified atom stereocenters. The first kappa shape index (κ1) is 22.8. The van der Waals surface area contributed by atoms with Crippen molar-refractivity contribution in [2.24, 2.45) is 0 Å². The van der Waals surface area contributed by atoms with Crippen LogP contribution in [0.25, 0.3) is 22.3 Å². The second-order valence-electron chi connectivity index (χ2n) is 8.93. The molecule has 3 aromatic carbocycles. The molecule has 0 radical (unpaired) electrons. The number of amides is 1. The molecule has 7 nitrogen and oxygen atoms in total. The molecule has 1 aliphatic rings. The van der Waals surface area contributed by atoms with E-state index in [0.717, 1.165) is 27.8 Å². The molecule has 0 aliphatic carbocycles. The van der Waals surface area contributed by atoms with Crippen LogP contribution in [0, 0.1) is 6.92 Å². The van der Waals surface area contributed by atoms with Gasteiger partial charge in [-0.1, -0.05) is 48.5 Å². The van der Waals surface area contributed by atoms with E-state index < -0.39 is 6.10 Å². The Morgan fingerprint density at radius 2 is 1.66 bits per heavy atom. The molecule has 2 N–H and O–H groups in total. The number of aliphatic hydroxyl groups excluding tert-OH is 1. The Bertz CT molecular complexity index is 1350. The van der Waals surface area contributed by atoms with E-state index in [-0.39, 0.29) is 11.7 Å². The molecule has 5 rings (SSSR count). The summed E-state index contributed by atoms with van der Waals surface area (Å²) in [6.45, 7) is 4.18. The van der Waals surface area contributed by atoms with Crippen LogP contribution >= 0.6 is 0 Å². The average Bonchev–Trinajstić information content (AvgIpc) is 2.88. The van der Waals surface area contributed by atoms with E-state index in [9.17, 15) is 15.0 Å². The first-order valence-electron chi connectivity index (χ1n) is 11.8. The lowest BCUT2D eigenvalue weighted by Gasteiger charge is -2.36. The number of aliphatic hydroxyl groups is 1. The lowest BCUT2D eigenvalue weighted by Crippen LogP contribution is -2.52. The first-order valence-corrected chi connectivity index (χ1v) is 11.8. The number of carbonyl (C=O) groups is 1. The second-order valence-corrected chi connectivity index (χ2v) is 8.93. The summed E-state index contributed by atoms with van der Waals surface area (Å²) in [7, 11) is 0. The summed E-state index contributed by atoms with van der Waals surface area (Å²) in [4.78, 5) is 26.3. The molecule has 178 valence electrons. The first-order chi connectivity index (χ1) is 17.0. The largest absolute Gasteiger partial charge is 0.507 e. The molecule has 1 atom stereocenters. The van der Waals surface area contributed by atoms with Gasteiger partial charge in [0.05, 0.1) is 11.1 Å². The van der Waals surface area contributed by atoms with Crippen LogP contribution in [0.15, 0.2) is 72.8 Å². The smallest absolute Gasteiger partial charge is 0.251 e. The molecule has 1 fully saturated rings. The Hall–Kier alpha value is -3.97. The number of piperazine rings is 1. The number of aryl methyl sites for hydroxylation is 1. The predicted molar refractivity (Wildman–Crippen MR) is 136 cm³/mol. The van der Waals surface area contributed by atoms with Crippen molar-refractivity contribution in [2.75, 3.05) is 31.1 Å². The van der Waals surface area contributed by atoms with Gasteiger partial charge in [-0.25, -0.2) is 9.97 Å². The minimum Gasteiger partial charge on any atom is -0.507 e. The van der Waals surface area contributed by atoms with E-state index in [4.69, 9.17) is 9.97 Å². The number of anilines is 1. The number of phenols is 1. The minimum absolute atomic E-state index is 0.133. The normalized spacial score (nSPS) is 14.8. The molecule has 1 aromatic heterocycles. The third-order valence-corrected chi connectivity index (χ3v) is 6.43. The maximum Gasteiger partial charge on any atom is 0.251 e. The molecule has 2 heterocycles. The van der Waals surface area contributed by atoms with Gasteiger partial charge in [-0.15, -0.1) is 0 Å². The molecule has 1 amide bonds. The van der Waals surface area contributed by atoms with Gasteiger partial charge >= 0.3 is 0 Å². The summed E-state index contributed by atoms with van der Waals surface area (Å²) in [6.07, 6.45) is -0.751. The van der Waals surface area contributed by atoms with Crippen LogP contribution in [0.1, 0.15) is 11.1 Å². The Labute approximate surface area is 204 Å². The maximum atomic E-state index is 12.9. The minimum atomic E-state index is -1.06. The van der Waals surface area contributed by atoms with Gasteiger partial charge in [-0.05, 0) is 42.3 Å². The number of benzene rings is 3. The number of aromatic hydroxyl groups is 1. The number of para-hydroxylation sites is 1. The fourth-order valence-corrected chi connectivity index (χ4v) is 4.52. The van der Waals surface area contributed by atoms with Gasteiger partial charge in [0.25, 0.3) is 5.91 Å². The fraction of sp³-hybridized carbons (Fsp3) is 0.250. The average molecular weight is 469 g/mol. The van der Waals surface area contributed by atoms with Crippen molar-refractivity contribution < 1.29 is 15.0 Å². The monoisotopic (exact) mass is 468 g/mol. The lowest BCUT2D eigenvalue weighted by atomic mass is 10.1. The van der Waals surface area contributed by atoms with Crippen LogP contribution < -0.4 is 4.90 Å². The van der Waals surface area contributed by atoms with Gasteiger partial charge < -0.3 is 20.0 Å². The van der Waals surface area contributed by atoms with Gasteiger partial charge in [0.15, 0.2) is 5.82 Å². The van der Waals surface area contributed by atoms with Crippen LogP contribution in [-0.2, 0) is 11.2 Å². The number of phenolic OH excluding ortho intramolecular Hbond substituents is 1. The summed E-state index contributed by atoms with van der Waals surface area (Å²) in [5.74, 6) is 1.14. The molecular formula is C28H28N4O3. The number of nitrogens with zero attached hydrogens (tertiary/aromatic N) is 4. The zero-order valence-electron chi connectivity index (χ0n) is 19.6. The zero-order chi connectivity index (χ0) is 24.4. The Morgan fingerprint density at radius 1 is 0.943 bits per heavy atom. The van der Waals surface area contributed by atoms with Gasteiger partial charge in [0, 0.05) is 38.0 Å². The standard InChI is InChI=1S/C28H28N4O3/c1-19-11-12-21-23(17-19)29-26(22-9-5-6-10-24(22)33)30-27(21)31-13-15-32(16-14-31)28(35)25(34)18-20-7-3-2-4-8-20/h2-12,17,25,33-34H,13-16,18H2,1H3/t25-/m0/s1. The van der Waals surface area contributed by atoms with E-state index in [1.807, 2.05) is 61.5 Å². The molecule has 7 heteroatoms. The summed E-state index contributed by atoms with van der Waals surface area (Å²) in [5, 5.41) is 21.8. The van der Waals surface area contributed by atoms with Crippen LogP contribution in [-0.4, -0.2) is 63.3 Å². The molecule has 1 aliphatic heterocycles. The molecule has 1 saturated heterocycles. The van der Waals surface area contributed by atoms with Crippen molar-refractivity contribution in [3.63, 3.8) is 0 Å². The molecule has 0 saturated carbocycles. The number of carbonyl (C=O) groups excluding carboxylic acids is 1. The van der Waals surface area contributed by atoms with E-state index >= 15 is 0 Å². The Morgan fingerprint density at radius 3 is 2.40 bits per heavy atom. The van der Waals surface area contributed by atoms with Crippen LogP contribution in [0.3, 0.4) is 0 Å². The van der Waals surface area contributed by atoms with E-state index in [2.05, 4.69) is 4.90 Å². The second kappa shape index (κ2) is 9.72. The predicted octanol–water partition coefficient (Wildman–Crippen LogP) is 3.56. The Kier molecular flexibility index (Phi) is 6.33. The molecule has 4 aromatic rings. The highest BCUT2D eigenvalue weighted by Crippen LogP contribution is 2.32. The molecule has 0 spiro atoms. The van der Waals surface area contributed by atoms with Crippen molar-refractivity contribution in [1.29, 1.82) is 0 Å².